The lowest BCUT2D eigenvalue weighted by Gasteiger charge is -2.31. The summed E-state index contributed by atoms with van der Waals surface area (Å²) in [4.78, 5) is 18.0. The maximum absolute atomic E-state index is 13.5. The minimum atomic E-state index is -0.0532. The van der Waals surface area contributed by atoms with Gasteiger partial charge >= 0.3 is 0 Å². The lowest BCUT2D eigenvalue weighted by Crippen LogP contribution is -2.38. The first-order chi connectivity index (χ1) is 18.1. The van der Waals surface area contributed by atoms with Crippen LogP contribution in [0, 0.1) is 6.92 Å². The summed E-state index contributed by atoms with van der Waals surface area (Å²) in [5.41, 5.74) is 6.31. The molecule has 3 aromatic carbocycles. The molecular formula is C34H44N2O2. The Morgan fingerprint density at radius 3 is 2.34 bits per heavy atom. The number of carbonyl (C=O) groups excluding carboxylic acids is 1. The molecule has 0 aliphatic heterocycles. The third-order valence-corrected chi connectivity index (χ3v) is 6.95. The molecule has 4 nitrogen and oxygen atoms in total. The summed E-state index contributed by atoms with van der Waals surface area (Å²) in [6.07, 6.45) is 5.58. The van der Waals surface area contributed by atoms with Crippen molar-refractivity contribution in [2.24, 2.45) is 0 Å². The van der Waals surface area contributed by atoms with Gasteiger partial charge in [-0.25, -0.2) is 0 Å². The van der Waals surface area contributed by atoms with Gasteiger partial charge in [0.15, 0.2) is 5.78 Å². The fraction of sp³-hybridized carbons (Fsp3) is 0.382. The lowest BCUT2D eigenvalue weighted by atomic mass is 9.96. The van der Waals surface area contributed by atoms with Crippen LogP contribution in [0.5, 0.6) is 5.75 Å². The molecule has 202 valence electrons. The van der Waals surface area contributed by atoms with Crippen LogP contribution in [-0.4, -0.2) is 55.4 Å². The largest absolute Gasteiger partial charge is 0.493 e. The molecule has 0 aromatic heterocycles. The fourth-order valence-corrected chi connectivity index (χ4v) is 4.32. The van der Waals surface area contributed by atoms with E-state index >= 15 is 0 Å². The van der Waals surface area contributed by atoms with Gasteiger partial charge in [0, 0.05) is 12.1 Å². The summed E-state index contributed by atoms with van der Waals surface area (Å²) in [6.45, 7) is 11.2. The summed E-state index contributed by atoms with van der Waals surface area (Å²) >= 11 is 0. The second kappa shape index (κ2) is 13.5. The van der Waals surface area contributed by atoms with Gasteiger partial charge < -0.3 is 14.5 Å². The fourth-order valence-electron chi connectivity index (χ4n) is 4.32. The van der Waals surface area contributed by atoms with Crippen LogP contribution in [0.2, 0.25) is 0 Å². The molecule has 3 rings (SSSR count). The number of aryl methyl sites for hydroxylation is 1. The first kappa shape index (κ1) is 29.3. The molecule has 0 spiro atoms. The number of hydrogen-bond donors (Lipinski definition) is 0. The zero-order chi connectivity index (χ0) is 27.7. The molecule has 4 heteroatoms. The average Bonchev–Trinajstić information content (AvgIpc) is 2.87. The van der Waals surface area contributed by atoms with Crippen LogP contribution in [0.15, 0.2) is 72.8 Å². The highest BCUT2D eigenvalue weighted by molar-refractivity contribution is 6.09. The number of ketones is 1. The van der Waals surface area contributed by atoms with Crippen LogP contribution >= 0.6 is 0 Å². The molecule has 38 heavy (non-hydrogen) atoms. The predicted octanol–water partition coefficient (Wildman–Crippen LogP) is 7.51. The van der Waals surface area contributed by atoms with Crippen molar-refractivity contribution in [2.45, 2.75) is 52.6 Å². The van der Waals surface area contributed by atoms with Crippen molar-refractivity contribution in [1.82, 2.24) is 9.80 Å². The molecule has 0 N–H and O–H groups in total. The average molecular weight is 513 g/mol. The van der Waals surface area contributed by atoms with E-state index in [1.165, 1.54) is 11.1 Å². The minimum Gasteiger partial charge on any atom is -0.493 e. The second-order valence-corrected chi connectivity index (χ2v) is 11.3. The van der Waals surface area contributed by atoms with Crippen molar-refractivity contribution in [3.05, 3.63) is 95.1 Å². The minimum absolute atomic E-state index is 0.0532. The first-order valence-corrected chi connectivity index (χ1v) is 13.6. The molecule has 0 aliphatic carbocycles. The van der Waals surface area contributed by atoms with Crippen LogP contribution in [0.4, 0.5) is 0 Å². The van der Waals surface area contributed by atoms with Gasteiger partial charge in [0.05, 0.1) is 12.2 Å². The van der Waals surface area contributed by atoms with Gasteiger partial charge in [0.2, 0.25) is 0 Å². The second-order valence-electron chi connectivity index (χ2n) is 11.3. The first-order valence-electron chi connectivity index (χ1n) is 13.6. The maximum Gasteiger partial charge on any atom is 0.189 e. The number of carbonyl (C=O) groups is 1. The zero-order valence-corrected chi connectivity index (χ0v) is 24.3. The maximum atomic E-state index is 13.5. The van der Waals surface area contributed by atoms with Crippen molar-refractivity contribution in [3.8, 4) is 16.9 Å². The van der Waals surface area contributed by atoms with E-state index in [2.05, 4.69) is 74.9 Å². The Hall–Kier alpha value is -3.21. The highest BCUT2D eigenvalue weighted by Crippen LogP contribution is 2.30. The van der Waals surface area contributed by atoms with Gasteiger partial charge in [-0.3, -0.25) is 4.79 Å². The Morgan fingerprint density at radius 2 is 1.63 bits per heavy atom. The topological polar surface area (TPSA) is 32.8 Å². The number of hydrogen-bond acceptors (Lipinski definition) is 4. The van der Waals surface area contributed by atoms with Gasteiger partial charge in [-0.2, -0.15) is 0 Å². The molecule has 0 saturated heterocycles. The SMILES string of the molecule is Cc1ccccc1-c1ccc(OCCCCN(C)C(C)(C)C)c(C(=O)/C=C/c2ccccc2CN(C)C)c1. The Bertz CT molecular complexity index is 1240. The van der Waals surface area contributed by atoms with E-state index < -0.39 is 0 Å². The Labute approximate surface area is 229 Å². The Kier molecular flexibility index (Phi) is 10.5. The monoisotopic (exact) mass is 512 g/mol. The predicted molar refractivity (Wildman–Crippen MR) is 161 cm³/mol. The molecule has 0 heterocycles. The number of benzene rings is 3. The molecule has 0 fully saturated rings. The third kappa shape index (κ3) is 8.41. The lowest BCUT2D eigenvalue weighted by molar-refractivity contribution is 0.104. The number of ether oxygens (including phenoxy) is 1. The van der Waals surface area contributed by atoms with E-state index in [1.54, 1.807) is 6.08 Å². The van der Waals surface area contributed by atoms with E-state index in [0.29, 0.717) is 17.9 Å². The summed E-state index contributed by atoms with van der Waals surface area (Å²) in [5, 5.41) is 0. The molecular weight excluding hydrogens is 468 g/mol. The van der Waals surface area contributed by atoms with Crippen LogP contribution in [-0.2, 0) is 6.54 Å². The van der Waals surface area contributed by atoms with Gasteiger partial charge in [-0.15, -0.1) is 0 Å². The van der Waals surface area contributed by atoms with Crippen molar-refractivity contribution in [1.29, 1.82) is 0 Å². The van der Waals surface area contributed by atoms with Crippen molar-refractivity contribution < 1.29 is 9.53 Å². The van der Waals surface area contributed by atoms with E-state index in [9.17, 15) is 4.79 Å². The normalized spacial score (nSPS) is 12.0. The summed E-state index contributed by atoms with van der Waals surface area (Å²) < 4.78 is 6.20. The molecule has 0 radical (unpaired) electrons. The van der Waals surface area contributed by atoms with E-state index in [4.69, 9.17) is 4.74 Å². The highest BCUT2D eigenvalue weighted by Gasteiger charge is 2.16. The van der Waals surface area contributed by atoms with Gasteiger partial charge in [0.1, 0.15) is 5.75 Å². The van der Waals surface area contributed by atoms with Crippen LogP contribution in [0.25, 0.3) is 17.2 Å². The van der Waals surface area contributed by atoms with Crippen molar-refractivity contribution in [3.63, 3.8) is 0 Å². The van der Waals surface area contributed by atoms with Crippen molar-refractivity contribution in [2.75, 3.05) is 34.3 Å². The molecule has 0 unspecified atom stereocenters. The molecule has 3 aromatic rings. The van der Waals surface area contributed by atoms with Gasteiger partial charge in [0.25, 0.3) is 0 Å². The summed E-state index contributed by atoms with van der Waals surface area (Å²) in [5.74, 6) is 0.588. The van der Waals surface area contributed by atoms with Gasteiger partial charge in [-0.1, -0.05) is 60.7 Å². The standard InChI is InChI=1S/C34H44N2O2/c1-26-14-8-11-17-30(26)28-19-21-33(38-23-13-12-22-36(7)34(2,3)4)31(24-28)32(37)20-18-27-15-9-10-16-29(27)25-35(5)6/h8-11,14-21,24H,12-13,22-23,25H2,1-7H3/b20-18+. The van der Waals surface area contributed by atoms with E-state index in [1.807, 2.05) is 56.6 Å². The smallest absolute Gasteiger partial charge is 0.189 e. The number of nitrogens with zero attached hydrogens (tertiary/aromatic N) is 2. The van der Waals surface area contributed by atoms with Gasteiger partial charge in [-0.05, 0) is 114 Å². The quantitative estimate of drug-likeness (QED) is 0.143. The summed E-state index contributed by atoms with van der Waals surface area (Å²) in [7, 11) is 6.26. The van der Waals surface area contributed by atoms with Crippen LogP contribution in [0.1, 0.15) is 60.7 Å². The number of unbranched alkanes of at least 4 members (excludes halogenated alkanes) is 1. The van der Waals surface area contributed by atoms with E-state index in [0.717, 1.165) is 42.6 Å². The zero-order valence-electron chi connectivity index (χ0n) is 24.3. The summed E-state index contributed by atoms with van der Waals surface area (Å²) in [6, 6.07) is 22.4. The molecule has 0 atom stereocenters. The van der Waals surface area contributed by atoms with Crippen LogP contribution in [0.3, 0.4) is 0 Å². The van der Waals surface area contributed by atoms with Crippen LogP contribution < -0.4 is 4.74 Å². The molecule has 0 saturated carbocycles. The highest BCUT2D eigenvalue weighted by atomic mass is 16.5. The Balaban J connectivity index is 1.82. The van der Waals surface area contributed by atoms with Crippen molar-refractivity contribution >= 4 is 11.9 Å². The molecule has 0 amide bonds. The third-order valence-electron chi connectivity index (χ3n) is 6.95. The molecule has 0 aliphatic rings. The number of allylic oxidation sites excluding steroid dienone is 1. The molecule has 0 bridgehead atoms. The van der Waals surface area contributed by atoms with E-state index in [-0.39, 0.29) is 11.3 Å². The Morgan fingerprint density at radius 1 is 0.921 bits per heavy atom. The number of rotatable bonds is 12.